The summed E-state index contributed by atoms with van der Waals surface area (Å²) in [4.78, 5) is 18.9. The first-order valence-electron chi connectivity index (χ1n) is 10.8. The maximum absolute atomic E-state index is 13.8. The van der Waals surface area contributed by atoms with Crippen LogP contribution in [0.3, 0.4) is 0 Å². The summed E-state index contributed by atoms with van der Waals surface area (Å²) in [5.41, 5.74) is 1.56. The zero-order valence-electron chi connectivity index (χ0n) is 18.3. The van der Waals surface area contributed by atoms with E-state index in [0.717, 1.165) is 25.1 Å². The lowest BCUT2D eigenvalue weighted by atomic mass is 10.1. The lowest BCUT2D eigenvalue weighted by Gasteiger charge is -2.16. The van der Waals surface area contributed by atoms with Gasteiger partial charge in [0.15, 0.2) is 5.96 Å². The maximum Gasteiger partial charge on any atom is 0.223 e. The Bertz CT molecular complexity index is 895. The predicted octanol–water partition coefficient (Wildman–Crippen LogP) is 3.77. The fourth-order valence-corrected chi connectivity index (χ4v) is 3.71. The molecule has 1 heterocycles. The van der Waals surface area contributed by atoms with Crippen LogP contribution in [0.15, 0.2) is 53.5 Å². The van der Waals surface area contributed by atoms with Crippen LogP contribution >= 0.6 is 24.0 Å². The maximum atomic E-state index is 13.8. The SMILES string of the molecule is CCNC(=NCC1CC(=O)N(CCc2ccccc2)C1)NCCc1cc(F)ccc1F.I. The Balaban J connectivity index is 0.00000363. The molecule has 1 amide bonds. The third kappa shape index (κ3) is 8.03. The van der Waals surface area contributed by atoms with Crippen molar-refractivity contribution in [3.05, 3.63) is 71.3 Å². The number of hydrogen-bond acceptors (Lipinski definition) is 2. The average Bonchev–Trinajstić information content (AvgIpc) is 3.13. The molecule has 2 aromatic carbocycles. The number of carbonyl (C=O) groups excluding carboxylic acids is 1. The van der Waals surface area contributed by atoms with Gasteiger partial charge in [0.25, 0.3) is 0 Å². The van der Waals surface area contributed by atoms with E-state index in [1.54, 1.807) is 0 Å². The van der Waals surface area contributed by atoms with Gasteiger partial charge >= 0.3 is 0 Å². The molecule has 1 unspecified atom stereocenters. The van der Waals surface area contributed by atoms with Crippen LogP contribution in [0.2, 0.25) is 0 Å². The van der Waals surface area contributed by atoms with Gasteiger partial charge in [-0.3, -0.25) is 9.79 Å². The highest BCUT2D eigenvalue weighted by Crippen LogP contribution is 2.18. The number of amides is 1. The normalized spacial score (nSPS) is 16.1. The van der Waals surface area contributed by atoms with Crippen LogP contribution < -0.4 is 10.6 Å². The minimum atomic E-state index is -0.445. The van der Waals surface area contributed by atoms with Gasteiger partial charge in [-0.2, -0.15) is 0 Å². The number of benzene rings is 2. The molecule has 0 spiro atoms. The number of hydrogen-bond donors (Lipinski definition) is 2. The van der Waals surface area contributed by atoms with E-state index in [9.17, 15) is 13.6 Å². The molecule has 0 bridgehead atoms. The van der Waals surface area contributed by atoms with Crippen LogP contribution in [0.5, 0.6) is 0 Å². The molecule has 0 saturated carbocycles. The van der Waals surface area contributed by atoms with Crippen LogP contribution in [-0.4, -0.2) is 49.5 Å². The van der Waals surface area contributed by atoms with E-state index in [-0.39, 0.29) is 35.8 Å². The molecule has 5 nitrogen and oxygen atoms in total. The summed E-state index contributed by atoms with van der Waals surface area (Å²) in [5, 5.41) is 6.32. The summed E-state index contributed by atoms with van der Waals surface area (Å²) in [6.45, 7) is 5.06. The molecule has 1 aliphatic heterocycles. The second kappa shape index (κ2) is 13.3. The van der Waals surface area contributed by atoms with Crippen molar-refractivity contribution in [1.82, 2.24) is 15.5 Å². The number of rotatable bonds is 9. The summed E-state index contributed by atoms with van der Waals surface area (Å²) in [5.74, 6) is 0.120. The van der Waals surface area contributed by atoms with E-state index < -0.39 is 11.6 Å². The topological polar surface area (TPSA) is 56.7 Å². The van der Waals surface area contributed by atoms with Crippen molar-refractivity contribution in [3.8, 4) is 0 Å². The molecule has 0 aromatic heterocycles. The van der Waals surface area contributed by atoms with E-state index in [4.69, 9.17) is 0 Å². The van der Waals surface area contributed by atoms with E-state index in [0.29, 0.717) is 50.5 Å². The molecule has 1 fully saturated rings. The highest BCUT2D eigenvalue weighted by Gasteiger charge is 2.29. The summed E-state index contributed by atoms with van der Waals surface area (Å²) < 4.78 is 27.1. The van der Waals surface area contributed by atoms with Crippen molar-refractivity contribution in [1.29, 1.82) is 0 Å². The highest BCUT2D eigenvalue weighted by molar-refractivity contribution is 14.0. The molecule has 1 atom stereocenters. The van der Waals surface area contributed by atoms with Crippen molar-refractivity contribution in [2.24, 2.45) is 10.9 Å². The molecular formula is C24H31F2IN4O. The smallest absolute Gasteiger partial charge is 0.223 e. The van der Waals surface area contributed by atoms with Crippen LogP contribution in [0, 0.1) is 17.6 Å². The summed E-state index contributed by atoms with van der Waals surface area (Å²) >= 11 is 0. The summed E-state index contributed by atoms with van der Waals surface area (Å²) in [6, 6.07) is 13.6. The number of guanidine groups is 1. The van der Waals surface area contributed by atoms with E-state index in [2.05, 4.69) is 27.8 Å². The minimum Gasteiger partial charge on any atom is -0.357 e. The van der Waals surface area contributed by atoms with Crippen molar-refractivity contribution in [2.75, 3.05) is 32.7 Å². The highest BCUT2D eigenvalue weighted by atomic mass is 127. The first-order chi connectivity index (χ1) is 15.0. The Hall–Kier alpha value is -2.23. The Kier molecular flexibility index (Phi) is 10.9. The third-order valence-electron chi connectivity index (χ3n) is 5.35. The lowest BCUT2D eigenvalue weighted by Crippen LogP contribution is -2.38. The van der Waals surface area contributed by atoms with Gasteiger partial charge in [0.1, 0.15) is 11.6 Å². The summed E-state index contributed by atoms with van der Waals surface area (Å²) in [6.07, 6.45) is 1.71. The van der Waals surface area contributed by atoms with E-state index >= 15 is 0 Å². The zero-order valence-corrected chi connectivity index (χ0v) is 20.7. The molecule has 1 saturated heterocycles. The van der Waals surface area contributed by atoms with Crippen LogP contribution in [0.4, 0.5) is 8.78 Å². The van der Waals surface area contributed by atoms with Crippen LogP contribution in [-0.2, 0) is 17.6 Å². The molecule has 1 aliphatic rings. The van der Waals surface area contributed by atoms with Gasteiger partial charge in [-0.25, -0.2) is 8.78 Å². The number of aliphatic imine (C=N–C) groups is 1. The van der Waals surface area contributed by atoms with Gasteiger partial charge in [0, 0.05) is 45.1 Å². The van der Waals surface area contributed by atoms with E-state index in [1.165, 1.54) is 11.6 Å². The monoisotopic (exact) mass is 556 g/mol. The fourth-order valence-electron chi connectivity index (χ4n) is 3.71. The van der Waals surface area contributed by atoms with Crippen molar-refractivity contribution < 1.29 is 13.6 Å². The number of nitrogens with one attached hydrogen (secondary N) is 2. The average molecular weight is 556 g/mol. The van der Waals surface area contributed by atoms with E-state index in [1.807, 2.05) is 30.0 Å². The lowest BCUT2D eigenvalue weighted by molar-refractivity contribution is -0.127. The minimum absolute atomic E-state index is 0. The van der Waals surface area contributed by atoms with Gasteiger partial charge in [-0.05, 0) is 49.1 Å². The van der Waals surface area contributed by atoms with Crippen molar-refractivity contribution in [2.45, 2.75) is 26.2 Å². The van der Waals surface area contributed by atoms with Gasteiger partial charge in [-0.1, -0.05) is 30.3 Å². The number of nitrogens with zero attached hydrogens (tertiary/aromatic N) is 2. The fraction of sp³-hybridized carbons (Fsp3) is 0.417. The molecule has 0 aliphatic carbocycles. The Morgan fingerprint density at radius 3 is 2.66 bits per heavy atom. The number of likely N-dealkylation sites (tertiary alicyclic amines) is 1. The predicted molar refractivity (Wildman–Crippen MR) is 134 cm³/mol. The quantitative estimate of drug-likeness (QED) is 0.281. The third-order valence-corrected chi connectivity index (χ3v) is 5.35. The molecule has 8 heteroatoms. The largest absolute Gasteiger partial charge is 0.357 e. The van der Waals surface area contributed by atoms with Crippen LogP contribution in [0.25, 0.3) is 0 Å². The number of halogens is 3. The molecule has 3 rings (SSSR count). The molecule has 2 N–H and O–H groups in total. The van der Waals surface area contributed by atoms with Crippen molar-refractivity contribution in [3.63, 3.8) is 0 Å². The molecule has 2 aromatic rings. The second-order valence-electron chi connectivity index (χ2n) is 7.78. The Labute approximate surface area is 205 Å². The second-order valence-corrected chi connectivity index (χ2v) is 7.78. The molecule has 32 heavy (non-hydrogen) atoms. The first-order valence-corrected chi connectivity index (χ1v) is 10.8. The van der Waals surface area contributed by atoms with Crippen LogP contribution in [0.1, 0.15) is 24.5 Å². The molecule has 0 radical (unpaired) electrons. The van der Waals surface area contributed by atoms with Gasteiger partial charge in [-0.15, -0.1) is 24.0 Å². The van der Waals surface area contributed by atoms with Gasteiger partial charge in [0.05, 0.1) is 0 Å². The first kappa shape index (κ1) is 26.0. The summed E-state index contributed by atoms with van der Waals surface area (Å²) in [7, 11) is 0. The zero-order chi connectivity index (χ0) is 22.1. The Morgan fingerprint density at radius 1 is 1.12 bits per heavy atom. The van der Waals surface area contributed by atoms with Gasteiger partial charge < -0.3 is 15.5 Å². The molecule has 174 valence electrons. The Morgan fingerprint density at radius 2 is 1.91 bits per heavy atom. The standard InChI is InChI=1S/C24H30F2N4O.HI/c1-2-27-24(28-12-10-20-15-21(25)8-9-22(20)26)29-16-19-14-23(31)30(17-19)13-11-18-6-4-3-5-7-18;/h3-9,15,19H,2,10-14,16-17H2,1H3,(H2,27,28,29);1H. The van der Waals surface area contributed by atoms with Crippen molar-refractivity contribution >= 4 is 35.8 Å². The van der Waals surface area contributed by atoms with Gasteiger partial charge in [0.2, 0.25) is 5.91 Å². The number of carbonyl (C=O) groups is 1. The molecular weight excluding hydrogens is 525 g/mol.